The second kappa shape index (κ2) is 8.03. The number of anilines is 2. The molecule has 2 heterocycles. The maximum atomic E-state index is 12.9. The smallest absolute Gasteiger partial charge is 0.245 e. The third kappa shape index (κ3) is 4.10. The van der Waals surface area contributed by atoms with Crippen LogP contribution in [0.2, 0.25) is 0 Å². The first kappa shape index (κ1) is 17.9. The molecule has 0 saturated carbocycles. The van der Waals surface area contributed by atoms with Crippen molar-refractivity contribution in [2.45, 2.75) is 45.2 Å². The maximum Gasteiger partial charge on any atom is 0.245 e. The molecule has 2 aromatic rings. The van der Waals surface area contributed by atoms with Crippen molar-refractivity contribution in [3.05, 3.63) is 59.7 Å². The minimum atomic E-state index is -0.226. The number of benzene rings is 2. The molecule has 4 heteroatoms. The van der Waals surface area contributed by atoms with Crippen LogP contribution in [0.3, 0.4) is 0 Å². The average Bonchev–Trinajstić information content (AvgIpc) is 2.74. The lowest BCUT2D eigenvalue weighted by atomic mass is 9.99. The van der Waals surface area contributed by atoms with E-state index in [0.29, 0.717) is 0 Å². The van der Waals surface area contributed by atoms with Crippen LogP contribution in [0.4, 0.5) is 11.4 Å². The normalized spacial score (nSPS) is 18.0. The molecule has 2 aromatic carbocycles. The summed E-state index contributed by atoms with van der Waals surface area (Å²) in [6.45, 7) is 5.78. The second-order valence-electron chi connectivity index (χ2n) is 7.74. The number of nitrogens with one attached hydrogen (secondary N) is 1. The number of carbonyl (C=O) groups is 1. The van der Waals surface area contributed by atoms with E-state index in [-0.39, 0.29) is 11.9 Å². The van der Waals surface area contributed by atoms with Crippen molar-refractivity contribution in [1.82, 2.24) is 4.90 Å². The van der Waals surface area contributed by atoms with Gasteiger partial charge in [-0.15, -0.1) is 0 Å². The van der Waals surface area contributed by atoms with Crippen molar-refractivity contribution in [2.24, 2.45) is 0 Å². The molecule has 1 atom stereocenters. The van der Waals surface area contributed by atoms with Gasteiger partial charge in [0.15, 0.2) is 0 Å². The molecule has 142 valence electrons. The SMILES string of the molecule is CC(Nc1ccc(N2CCCCC2)cc1)C(=O)N1CCc2ccccc2C1. The molecule has 0 aromatic heterocycles. The second-order valence-corrected chi connectivity index (χ2v) is 7.74. The van der Waals surface area contributed by atoms with Gasteiger partial charge in [-0.05, 0) is 68.0 Å². The highest BCUT2D eigenvalue weighted by atomic mass is 16.2. The van der Waals surface area contributed by atoms with Gasteiger partial charge in [0.1, 0.15) is 6.04 Å². The van der Waals surface area contributed by atoms with Gasteiger partial charge in [0.25, 0.3) is 0 Å². The van der Waals surface area contributed by atoms with Gasteiger partial charge in [0, 0.05) is 37.6 Å². The Morgan fingerprint density at radius 1 is 0.926 bits per heavy atom. The zero-order valence-electron chi connectivity index (χ0n) is 16.2. The van der Waals surface area contributed by atoms with Crippen LogP contribution in [-0.4, -0.2) is 36.5 Å². The summed E-state index contributed by atoms with van der Waals surface area (Å²) in [5.74, 6) is 0.171. The first-order valence-corrected chi connectivity index (χ1v) is 10.2. The van der Waals surface area contributed by atoms with E-state index in [9.17, 15) is 4.79 Å². The van der Waals surface area contributed by atoms with Crippen molar-refractivity contribution in [3.63, 3.8) is 0 Å². The van der Waals surface area contributed by atoms with E-state index in [1.54, 1.807) is 0 Å². The molecule has 1 amide bonds. The number of fused-ring (bicyclic) bond motifs is 1. The maximum absolute atomic E-state index is 12.9. The molecule has 0 spiro atoms. The Balaban J connectivity index is 1.36. The van der Waals surface area contributed by atoms with Gasteiger partial charge in [0.05, 0.1) is 0 Å². The lowest BCUT2D eigenvalue weighted by Crippen LogP contribution is -2.43. The summed E-state index contributed by atoms with van der Waals surface area (Å²) in [5, 5.41) is 3.38. The zero-order chi connectivity index (χ0) is 18.6. The summed E-state index contributed by atoms with van der Waals surface area (Å²) in [7, 11) is 0. The Morgan fingerprint density at radius 3 is 2.37 bits per heavy atom. The number of amides is 1. The summed E-state index contributed by atoms with van der Waals surface area (Å²) < 4.78 is 0. The highest BCUT2D eigenvalue weighted by Crippen LogP contribution is 2.23. The molecule has 4 nitrogen and oxygen atoms in total. The van der Waals surface area contributed by atoms with Gasteiger partial charge < -0.3 is 15.1 Å². The van der Waals surface area contributed by atoms with E-state index in [1.807, 2.05) is 11.8 Å². The summed E-state index contributed by atoms with van der Waals surface area (Å²) in [6.07, 6.45) is 4.85. The fraction of sp³-hybridized carbons (Fsp3) is 0.435. The van der Waals surface area contributed by atoms with Gasteiger partial charge in [-0.25, -0.2) is 0 Å². The van der Waals surface area contributed by atoms with Crippen LogP contribution in [0.1, 0.15) is 37.3 Å². The highest BCUT2D eigenvalue weighted by Gasteiger charge is 2.24. The summed E-state index contributed by atoms with van der Waals surface area (Å²) in [5.41, 5.74) is 4.94. The predicted octanol–water partition coefficient (Wildman–Crippen LogP) is 4.06. The fourth-order valence-electron chi connectivity index (χ4n) is 4.19. The van der Waals surface area contributed by atoms with E-state index >= 15 is 0 Å². The van der Waals surface area contributed by atoms with Crippen LogP contribution in [0.5, 0.6) is 0 Å². The van der Waals surface area contributed by atoms with Crippen LogP contribution in [-0.2, 0) is 17.8 Å². The van der Waals surface area contributed by atoms with Crippen LogP contribution in [0, 0.1) is 0 Å². The van der Waals surface area contributed by atoms with E-state index in [0.717, 1.165) is 38.3 Å². The Kier molecular flexibility index (Phi) is 5.33. The zero-order valence-corrected chi connectivity index (χ0v) is 16.2. The molecular formula is C23H29N3O. The topological polar surface area (TPSA) is 35.6 Å². The minimum Gasteiger partial charge on any atom is -0.374 e. The fourth-order valence-corrected chi connectivity index (χ4v) is 4.19. The van der Waals surface area contributed by atoms with Gasteiger partial charge in [-0.1, -0.05) is 24.3 Å². The Hall–Kier alpha value is -2.49. The third-order valence-electron chi connectivity index (χ3n) is 5.78. The number of rotatable bonds is 4. The molecule has 2 aliphatic heterocycles. The molecule has 1 unspecified atom stereocenters. The van der Waals surface area contributed by atoms with Gasteiger partial charge >= 0.3 is 0 Å². The number of piperidine rings is 1. The molecule has 27 heavy (non-hydrogen) atoms. The van der Waals surface area contributed by atoms with E-state index in [1.165, 1.54) is 36.1 Å². The number of carbonyl (C=O) groups excluding carboxylic acids is 1. The van der Waals surface area contributed by atoms with Gasteiger partial charge in [-0.2, -0.15) is 0 Å². The summed E-state index contributed by atoms with van der Waals surface area (Å²) in [6, 6.07) is 16.7. The van der Waals surface area contributed by atoms with Crippen molar-refractivity contribution < 1.29 is 4.79 Å². The third-order valence-corrected chi connectivity index (χ3v) is 5.78. The molecule has 0 radical (unpaired) electrons. The van der Waals surface area contributed by atoms with Crippen LogP contribution in [0.15, 0.2) is 48.5 Å². The molecule has 1 N–H and O–H groups in total. The predicted molar refractivity (Wildman–Crippen MR) is 111 cm³/mol. The van der Waals surface area contributed by atoms with Crippen molar-refractivity contribution in [1.29, 1.82) is 0 Å². The molecule has 2 aliphatic rings. The minimum absolute atomic E-state index is 0.171. The lowest BCUT2D eigenvalue weighted by Gasteiger charge is -2.31. The largest absolute Gasteiger partial charge is 0.374 e. The highest BCUT2D eigenvalue weighted by molar-refractivity contribution is 5.84. The van der Waals surface area contributed by atoms with E-state index in [2.05, 4.69) is 58.7 Å². The van der Waals surface area contributed by atoms with Crippen LogP contribution in [0.25, 0.3) is 0 Å². The van der Waals surface area contributed by atoms with Crippen molar-refractivity contribution in [3.8, 4) is 0 Å². The molecular weight excluding hydrogens is 334 g/mol. The number of hydrogen-bond acceptors (Lipinski definition) is 3. The van der Waals surface area contributed by atoms with E-state index in [4.69, 9.17) is 0 Å². The molecule has 1 fully saturated rings. The molecule has 1 saturated heterocycles. The monoisotopic (exact) mass is 363 g/mol. The molecule has 0 bridgehead atoms. The van der Waals surface area contributed by atoms with Crippen molar-refractivity contribution >= 4 is 17.3 Å². The van der Waals surface area contributed by atoms with E-state index < -0.39 is 0 Å². The quantitative estimate of drug-likeness (QED) is 0.890. The summed E-state index contributed by atoms with van der Waals surface area (Å²) >= 11 is 0. The van der Waals surface area contributed by atoms with Crippen molar-refractivity contribution in [2.75, 3.05) is 29.9 Å². The molecule has 4 rings (SSSR count). The molecule has 0 aliphatic carbocycles. The van der Waals surface area contributed by atoms with Crippen LogP contribution < -0.4 is 10.2 Å². The first-order chi connectivity index (χ1) is 13.2. The Bertz CT molecular complexity index is 780. The average molecular weight is 364 g/mol. The standard InChI is InChI=1S/C23H29N3O/c1-18(23(27)26-16-13-19-7-3-4-8-20(19)17-26)24-21-9-11-22(12-10-21)25-14-5-2-6-15-25/h3-4,7-12,18,24H,2,5-6,13-17H2,1H3. The summed E-state index contributed by atoms with van der Waals surface area (Å²) in [4.78, 5) is 17.3. The Morgan fingerprint density at radius 2 is 1.63 bits per heavy atom. The van der Waals surface area contributed by atoms with Gasteiger partial charge in [-0.3, -0.25) is 4.79 Å². The van der Waals surface area contributed by atoms with Crippen LogP contribution >= 0.6 is 0 Å². The number of nitrogens with zero attached hydrogens (tertiary/aromatic N) is 2. The lowest BCUT2D eigenvalue weighted by molar-refractivity contribution is -0.132. The van der Waals surface area contributed by atoms with Gasteiger partial charge in [0.2, 0.25) is 5.91 Å². The first-order valence-electron chi connectivity index (χ1n) is 10.2. The Labute approximate surface area is 162 Å². The number of hydrogen-bond donors (Lipinski definition) is 1.